The van der Waals surface area contributed by atoms with Crippen LogP contribution in [0, 0.1) is 6.92 Å². The van der Waals surface area contributed by atoms with Crippen LogP contribution in [0.5, 0.6) is 0 Å². The number of likely N-dealkylation sites (tertiary alicyclic amines) is 1. The van der Waals surface area contributed by atoms with E-state index >= 15 is 0 Å². The zero-order chi connectivity index (χ0) is 41.3. The molecular weight excluding hydrogens is 761 g/mol. The maximum absolute atomic E-state index is 14.2. The fourth-order valence-corrected chi connectivity index (χ4v) is 8.33. The van der Waals surface area contributed by atoms with Gasteiger partial charge in [0.15, 0.2) is 0 Å². The second-order valence-corrected chi connectivity index (χ2v) is 16.1. The van der Waals surface area contributed by atoms with Gasteiger partial charge in [-0.2, -0.15) is 0 Å². The second kappa shape index (κ2) is 18.9. The van der Waals surface area contributed by atoms with Crippen molar-refractivity contribution < 1.29 is 23.4 Å². The summed E-state index contributed by atoms with van der Waals surface area (Å²) in [4.78, 5) is 61.1. The molecule has 1 saturated heterocycles. The maximum atomic E-state index is 14.2. The van der Waals surface area contributed by atoms with Gasteiger partial charge in [-0.3, -0.25) is 19.2 Å². The highest BCUT2D eigenvalue weighted by molar-refractivity contribution is 7.83. The third kappa shape index (κ3) is 10.2. The average Bonchev–Trinajstić information content (AvgIpc) is 3.92. The first-order valence-electron chi connectivity index (χ1n) is 19.9. The number of carbonyl (C=O) groups is 4. The molecule has 12 heteroatoms. The lowest BCUT2D eigenvalue weighted by Gasteiger charge is -2.28. The molecular formula is C47H48N6O5S. The number of hydrogen-bond donors (Lipinski definition) is 4. The summed E-state index contributed by atoms with van der Waals surface area (Å²) in [5, 5.41) is 6.84. The Morgan fingerprint density at radius 3 is 2.24 bits per heavy atom. The van der Waals surface area contributed by atoms with E-state index in [1.54, 1.807) is 21.9 Å². The molecule has 0 bridgehead atoms. The van der Waals surface area contributed by atoms with Crippen molar-refractivity contribution in [1.82, 2.24) is 19.5 Å². The van der Waals surface area contributed by atoms with E-state index in [2.05, 4.69) is 20.3 Å². The summed E-state index contributed by atoms with van der Waals surface area (Å²) in [6.45, 7) is 4.81. The van der Waals surface area contributed by atoms with Gasteiger partial charge in [0.2, 0.25) is 23.6 Å². The Balaban J connectivity index is 0.982. The number of aryl methyl sites for hydroxylation is 1. The van der Waals surface area contributed by atoms with Crippen LogP contribution < -0.4 is 15.4 Å². The molecule has 1 aromatic heterocycles. The number of amides is 4. The molecule has 6 aromatic rings. The Labute approximate surface area is 346 Å². The molecule has 0 saturated carbocycles. The molecule has 0 radical (unpaired) electrons. The van der Waals surface area contributed by atoms with Crippen LogP contribution in [0.4, 0.5) is 11.4 Å². The van der Waals surface area contributed by atoms with Crippen LogP contribution in [-0.4, -0.2) is 68.3 Å². The third-order valence-corrected chi connectivity index (χ3v) is 11.6. The third-order valence-electron chi connectivity index (χ3n) is 10.4. The Bertz CT molecular complexity index is 2440. The van der Waals surface area contributed by atoms with Crippen molar-refractivity contribution in [3.8, 4) is 11.3 Å². The lowest BCUT2D eigenvalue weighted by molar-refractivity contribution is -0.138. The molecule has 1 fully saturated rings. The molecule has 1 aliphatic rings. The number of benzene rings is 5. The minimum Gasteiger partial charge on any atom is -0.355 e. The van der Waals surface area contributed by atoms with Crippen LogP contribution in [0.3, 0.4) is 0 Å². The van der Waals surface area contributed by atoms with Gasteiger partial charge in [0.05, 0.1) is 17.9 Å². The molecule has 4 amide bonds. The highest BCUT2D eigenvalue weighted by Crippen LogP contribution is 2.29. The number of rotatable bonds is 15. The van der Waals surface area contributed by atoms with Gasteiger partial charge in [-0.1, -0.05) is 97.4 Å². The number of aromatic nitrogens is 1. The van der Waals surface area contributed by atoms with E-state index in [4.69, 9.17) is 0 Å². The van der Waals surface area contributed by atoms with E-state index in [1.165, 1.54) is 0 Å². The maximum Gasteiger partial charge on any atom is 0.247 e. The normalized spacial score (nSPS) is 14.7. The molecule has 1 unspecified atom stereocenters. The Morgan fingerprint density at radius 2 is 1.53 bits per heavy atom. The summed E-state index contributed by atoms with van der Waals surface area (Å²) >= 11 is 0. The molecule has 5 aromatic carbocycles. The first-order valence-corrected chi connectivity index (χ1v) is 21.1. The summed E-state index contributed by atoms with van der Waals surface area (Å²) in [6, 6.07) is 39.5. The smallest absolute Gasteiger partial charge is 0.247 e. The number of hydrogen-bond acceptors (Lipinski definition) is 5. The molecule has 59 heavy (non-hydrogen) atoms. The van der Waals surface area contributed by atoms with Gasteiger partial charge >= 0.3 is 0 Å². The summed E-state index contributed by atoms with van der Waals surface area (Å²) < 4.78 is 16.4. The van der Waals surface area contributed by atoms with E-state index in [0.717, 1.165) is 39.7 Å². The zero-order valence-electron chi connectivity index (χ0n) is 33.2. The lowest BCUT2D eigenvalue weighted by atomic mass is 10.1. The number of anilines is 2. The van der Waals surface area contributed by atoms with Gasteiger partial charge in [0, 0.05) is 41.1 Å². The van der Waals surface area contributed by atoms with Crippen molar-refractivity contribution in [2.75, 3.05) is 30.3 Å². The fraction of sp³-hybridized carbons (Fsp3) is 0.234. The van der Waals surface area contributed by atoms with Crippen molar-refractivity contribution in [3.05, 3.63) is 150 Å². The van der Waals surface area contributed by atoms with Crippen molar-refractivity contribution >= 4 is 56.9 Å². The number of nitrogens with one attached hydrogen (secondary N) is 4. The molecule has 11 nitrogen and oxygen atoms in total. The minimum atomic E-state index is -1.67. The first kappa shape index (κ1) is 40.8. The summed E-state index contributed by atoms with van der Waals surface area (Å²) in [7, 11) is -1.67. The minimum absolute atomic E-state index is 0.0285. The van der Waals surface area contributed by atoms with Crippen LogP contribution in [0.15, 0.2) is 138 Å². The quantitative estimate of drug-likeness (QED) is 0.0848. The number of nitrogens with zero attached hydrogens (tertiary/aromatic N) is 2. The zero-order valence-corrected chi connectivity index (χ0v) is 34.0. The summed E-state index contributed by atoms with van der Waals surface area (Å²) in [5.41, 5.74) is 6.48. The van der Waals surface area contributed by atoms with E-state index in [-0.39, 0.29) is 36.6 Å². The van der Waals surface area contributed by atoms with Gasteiger partial charge in [-0.05, 0) is 91.4 Å². The summed E-state index contributed by atoms with van der Waals surface area (Å²) in [6.07, 6.45) is 2.17. The van der Waals surface area contributed by atoms with Crippen molar-refractivity contribution in [2.24, 2.45) is 0 Å². The van der Waals surface area contributed by atoms with Crippen LogP contribution in [0.25, 0.3) is 22.2 Å². The first-order chi connectivity index (χ1) is 28.6. The number of aromatic amines is 1. The van der Waals surface area contributed by atoms with Gasteiger partial charge in [-0.15, -0.1) is 0 Å². The van der Waals surface area contributed by atoms with Crippen LogP contribution in [0.2, 0.25) is 0 Å². The largest absolute Gasteiger partial charge is 0.355 e. The van der Waals surface area contributed by atoms with Gasteiger partial charge in [0.1, 0.15) is 23.1 Å². The Hall–Kier alpha value is -6.37. The molecule has 0 aliphatic carbocycles. The molecule has 1 aliphatic heterocycles. The highest BCUT2D eigenvalue weighted by atomic mass is 32.2. The van der Waals surface area contributed by atoms with Gasteiger partial charge in [0.25, 0.3) is 0 Å². The van der Waals surface area contributed by atoms with Gasteiger partial charge in [-0.25, -0.2) is 8.93 Å². The molecule has 7 rings (SSSR count). The van der Waals surface area contributed by atoms with Crippen molar-refractivity contribution in [1.29, 1.82) is 0 Å². The van der Waals surface area contributed by atoms with E-state index in [9.17, 15) is 23.4 Å². The van der Waals surface area contributed by atoms with E-state index < -0.39 is 23.1 Å². The average molecular weight is 809 g/mol. The highest BCUT2D eigenvalue weighted by Gasteiger charge is 2.38. The lowest BCUT2D eigenvalue weighted by Crippen LogP contribution is -2.48. The van der Waals surface area contributed by atoms with E-state index in [0.29, 0.717) is 47.8 Å². The second-order valence-electron chi connectivity index (χ2n) is 14.8. The van der Waals surface area contributed by atoms with Gasteiger partial charge < -0.3 is 25.4 Å². The Kier molecular flexibility index (Phi) is 13.1. The predicted molar refractivity (Wildman–Crippen MR) is 233 cm³/mol. The Morgan fingerprint density at radius 1 is 0.831 bits per heavy atom. The van der Waals surface area contributed by atoms with Crippen molar-refractivity contribution in [2.45, 2.75) is 56.5 Å². The topological polar surface area (TPSA) is 144 Å². The predicted octanol–water partition coefficient (Wildman–Crippen LogP) is 7.55. The molecule has 4 N–H and O–H groups in total. The molecule has 0 spiro atoms. The van der Waals surface area contributed by atoms with Crippen LogP contribution >= 0.6 is 0 Å². The standard InChI is InChI=1S/C47H48N6O5S/c1-3-26-52(44(55)28-33-11-6-4-7-12-33)31-43(54)48-37-20-18-34(19-21-37)41-30-36-29-38(22-25-40(36)50-41)49-46(56)42-15-10-27-53(42)47(57)45(35-13-8-5-9-14-35)51-59(58)39-23-16-32(2)17-24-39/h4-9,11-14,16-25,29-30,42,45,50-51H,3,10,15,26-28,31H2,1-2H3,(H,48,54)(H,49,56)/t42-,45+,59?/m0/s1. The van der Waals surface area contributed by atoms with E-state index in [1.807, 2.05) is 135 Å². The number of H-pyrrole nitrogens is 1. The van der Waals surface area contributed by atoms with Crippen LogP contribution in [-0.2, 0) is 36.6 Å². The fourth-order valence-electron chi connectivity index (χ4n) is 7.35. The number of carbonyl (C=O) groups excluding carboxylic acids is 4. The SMILES string of the molecule is CCCN(CC(=O)Nc1ccc(-c2cc3cc(NC(=O)[C@@H]4CCCN4C(=O)[C@H](NS(=O)c4ccc(C)cc4)c4ccccc4)ccc3[nH]2)cc1)C(=O)Cc1ccccc1. The number of fused-ring (bicyclic) bond motifs is 1. The molecule has 302 valence electrons. The van der Waals surface area contributed by atoms with Crippen LogP contribution in [0.1, 0.15) is 48.9 Å². The monoisotopic (exact) mass is 808 g/mol. The molecule has 3 atom stereocenters. The van der Waals surface area contributed by atoms with Crippen molar-refractivity contribution in [3.63, 3.8) is 0 Å². The summed E-state index contributed by atoms with van der Waals surface area (Å²) in [5.74, 6) is -0.943. The molecule has 2 heterocycles.